The minimum Gasteiger partial charge on any atom is -0.477 e. The van der Waals surface area contributed by atoms with E-state index < -0.39 is 232 Å². The van der Waals surface area contributed by atoms with Crippen LogP contribution in [0.25, 0.3) is 0 Å². The fourth-order valence-electron chi connectivity index (χ4n) is 8.51. The first-order valence-corrected chi connectivity index (χ1v) is 25.0. The summed E-state index contributed by atoms with van der Waals surface area (Å²) in [7, 11) is -11.5. The lowest BCUT2D eigenvalue weighted by atomic mass is 9.91. The SMILES string of the molecule is N[C@@H]1[C@@H](O)[C@H](O)[C@@H](CO[C@@H]2O[C@H](CO[C@]3(C(=O)O)C[C@@H](OP(=O)(O)O)[C@@H](O[C@H]4O[C@H]([C@@H](O)CO[C@@]5(C(=O)O)C[C@@H](O)[C@@H](O)[C@@H]([C@H](O)CO)O5)[C@@H](O)[C@H](O)[C@@H]4O)[C@@H]([C@H](O)CO)O3)[C@@H](OP(=O)(O)O)[C@H](O)[C@H]2N)O[C@@H]1O. The topological polar surface area (TPSA) is 626 Å². The molecular weight excluding hydrogens is 1070 g/mol. The average Bonchev–Trinajstić information content (AvgIpc) is 3.32. The molecule has 0 unspecified atom stereocenters. The van der Waals surface area contributed by atoms with Crippen LogP contribution in [-0.4, -0.2) is 305 Å². The van der Waals surface area contributed by atoms with Crippen molar-refractivity contribution in [2.75, 3.05) is 33.0 Å². The summed E-state index contributed by atoms with van der Waals surface area (Å²) in [4.78, 5) is 64.8. The molecule has 0 aromatic heterocycles. The first-order chi connectivity index (χ1) is 34.2. The number of carboxylic acid groups (broad SMARTS) is 2. The lowest BCUT2D eigenvalue weighted by molar-refractivity contribution is -0.374. The molecule has 26 atom stereocenters. The zero-order valence-corrected chi connectivity index (χ0v) is 39.7. The van der Waals surface area contributed by atoms with Crippen LogP contribution in [-0.2, 0) is 70.4 Å². The molecule has 432 valence electrons. The summed E-state index contributed by atoms with van der Waals surface area (Å²) in [5.74, 6) is -10.7. The highest BCUT2D eigenvalue weighted by molar-refractivity contribution is 7.46. The van der Waals surface area contributed by atoms with Crippen LogP contribution >= 0.6 is 15.6 Å². The van der Waals surface area contributed by atoms with E-state index in [2.05, 4.69) is 4.52 Å². The Morgan fingerprint density at radius 2 is 1.15 bits per heavy atom. The zero-order valence-electron chi connectivity index (χ0n) is 37.9. The van der Waals surface area contributed by atoms with Crippen LogP contribution in [0.1, 0.15) is 12.8 Å². The minimum absolute atomic E-state index is 0.825. The Bertz CT molecular complexity index is 1960. The molecule has 5 aliphatic rings. The predicted octanol–water partition coefficient (Wildman–Crippen LogP) is -12.7. The molecule has 0 spiro atoms. The normalized spacial score (nSPS) is 44.8. The van der Waals surface area contributed by atoms with Crippen LogP contribution in [0.3, 0.4) is 0 Å². The van der Waals surface area contributed by atoms with Gasteiger partial charge in [-0.25, -0.2) is 18.7 Å². The van der Waals surface area contributed by atoms with Gasteiger partial charge in [-0.15, -0.1) is 0 Å². The number of aliphatic hydroxyl groups is 14. The second-order valence-electron chi connectivity index (χ2n) is 17.7. The van der Waals surface area contributed by atoms with Crippen molar-refractivity contribution in [3.05, 3.63) is 0 Å². The summed E-state index contributed by atoms with van der Waals surface area (Å²) in [6, 6.07) is -3.31. The van der Waals surface area contributed by atoms with Crippen LogP contribution in [0.4, 0.5) is 0 Å². The maximum absolute atomic E-state index is 13.2. The van der Waals surface area contributed by atoms with Gasteiger partial charge in [0, 0.05) is 12.8 Å². The van der Waals surface area contributed by atoms with Crippen molar-refractivity contribution in [1.82, 2.24) is 0 Å². The van der Waals surface area contributed by atoms with Crippen LogP contribution in [0.15, 0.2) is 0 Å². The molecule has 39 heteroatoms. The van der Waals surface area contributed by atoms with Crippen molar-refractivity contribution in [2.24, 2.45) is 11.5 Å². The molecule has 37 nitrogen and oxygen atoms in total. The smallest absolute Gasteiger partial charge is 0.470 e. The molecule has 0 radical (unpaired) electrons. The van der Waals surface area contributed by atoms with Gasteiger partial charge in [0.15, 0.2) is 18.9 Å². The first-order valence-electron chi connectivity index (χ1n) is 21.9. The van der Waals surface area contributed by atoms with E-state index in [1.807, 2.05) is 0 Å². The number of phosphoric acid groups is 2. The number of nitrogens with two attached hydrogens (primary N) is 2. The van der Waals surface area contributed by atoms with Crippen molar-refractivity contribution in [2.45, 2.75) is 171 Å². The van der Waals surface area contributed by atoms with E-state index in [1.165, 1.54) is 0 Å². The van der Waals surface area contributed by atoms with Gasteiger partial charge in [-0.3, -0.25) is 9.05 Å². The maximum atomic E-state index is 13.2. The fraction of sp³-hybridized carbons (Fsp3) is 0.943. The van der Waals surface area contributed by atoms with Gasteiger partial charge in [-0.2, -0.15) is 0 Å². The molecule has 5 aliphatic heterocycles. The number of ether oxygens (including phenoxy) is 9. The molecular formula is C35H62N2O35P2. The molecule has 0 saturated carbocycles. The average molecular weight is 1130 g/mol. The maximum Gasteiger partial charge on any atom is 0.470 e. The molecule has 0 amide bonds. The van der Waals surface area contributed by atoms with Gasteiger partial charge in [0.05, 0.1) is 51.2 Å². The highest BCUT2D eigenvalue weighted by atomic mass is 31.2. The third kappa shape index (κ3) is 14.3. The van der Waals surface area contributed by atoms with Crippen molar-refractivity contribution in [3.63, 3.8) is 0 Å². The van der Waals surface area contributed by atoms with Crippen molar-refractivity contribution in [3.8, 4) is 0 Å². The van der Waals surface area contributed by atoms with Gasteiger partial charge in [0.2, 0.25) is 0 Å². The third-order valence-corrected chi connectivity index (χ3v) is 13.6. The molecule has 0 aromatic carbocycles. The van der Waals surface area contributed by atoms with Gasteiger partial charge in [-0.1, -0.05) is 0 Å². The predicted molar refractivity (Wildman–Crippen MR) is 221 cm³/mol. The number of carbonyl (C=O) groups is 2. The van der Waals surface area contributed by atoms with E-state index in [4.69, 9.17) is 58.6 Å². The van der Waals surface area contributed by atoms with E-state index in [0.717, 1.165) is 0 Å². The molecule has 5 rings (SSSR count). The Kier molecular flexibility index (Phi) is 21.4. The van der Waals surface area contributed by atoms with Gasteiger partial charge >= 0.3 is 27.6 Å². The van der Waals surface area contributed by atoms with Crippen molar-refractivity contribution < 1.29 is 172 Å². The summed E-state index contributed by atoms with van der Waals surface area (Å²) >= 11 is 0. The summed E-state index contributed by atoms with van der Waals surface area (Å²) in [6.45, 7) is -6.06. The monoisotopic (exact) mass is 1130 g/mol. The number of hydrogen-bond acceptors (Lipinski definition) is 31. The molecule has 24 N–H and O–H groups in total. The number of aliphatic hydroxyl groups excluding tert-OH is 14. The largest absolute Gasteiger partial charge is 0.477 e. The van der Waals surface area contributed by atoms with Gasteiger partial charge in [0.25, 0.3) is 11.6 Å². The van der Waals surface area contributed by atoms with E-state index in [9.17, 15) is 120 Å². The minimum atomic E-state index is -5.90. The number of carboxylic acids is 2. The Labute approximate surface area is 414 Å². The summed E-state index contributed by atoms with van der Waals surface area (Å²) in [5.41, 5.74) is 11.6. The molecule has 0 aliphatic carbocycles. The standard InChI is InChI=1S/C35H62N2O35P2/c36-15-19(46)18(45)13(65-29(15)51)6-62-30-16(37)20(47)27(72-74(59,60)61)14(66-30)7-64-35(33(54)55)2-12(71-73(56,57)58)28(26(70-35)10(42)4-39)68-31-23(50)21(48)22(49)24(67-31)11(43)5-63-34(32(52)53)1-8(40)17(44)25(69-34)9(41)3-38/h8-31,38-51H,1-7,36-37H2,(H,52,53)(H,54,55)(H2,56,57,58)(H2,59,60,61)/t8-,9-,10-,11+,12-,13-,14-,15-,16-,17-,18-,19-,20-,21+,22+,23+,24-,25-,26-,27-,28-,29+,30-,31-,34+,35-/m1/s1. The Morgan fingerprint density at radius 1 is 0.581 bits per heavy atom. The zero-order chi connectivity index (χ0) is 55.7. The highest BCUT2D eigenvalue weighted by Crippen LogP contribution is 2.47. The van der Waals surface area contributed by atoms with Crippen LogP contribution in [0.5, 0.6) is 0 Å². The fourth-order valence-corrected chi connectivity index (χ4v) is 9.64. The Balaban J connectivity index is 1.41. The first kappa shape index (κ1) is 63.0. The third-order valence-electron chi connectivity index (χ3n) is 12.5. The Morgan fingerprint density at radius 3 is 1.72 bits per heavy atom. The number of aliphatic carboxylic acids is 2. The molecule has 74 heavy (non-hydrogen) atoms. The van der Waals surface area contributed by atoms with Gasteiger partial charge in [-0.05, 0) is 0 Å². The van der Waals surface area contributed by atoms with Crippen LogP contribution in [0, 0.1) is 0 Å². The number of hydrogen-bond donors (Lipinski definition) is 22. The second kappa shape index (κ2) is 25.1. The Hall–Kier alpha value is -1.84. The van der Waals surface area contributed by atoms with E-state index in [0.29, 0.717) is 0 Å². The summed E-state index contributed by atoms with van der Waals surface area (Å²) < 4.78 is 82.9. The van der Waals surface area contributed by atoms with Gasteiger partial charge in [0.1, 0.15) is 110 Å². The molecule has 0 bridgehead atoms. The molecule has 5 heterocycles. The quantitative estimate of drug-likeness (QED) is 0.0448. The number of rotatable bonds is 22. The van der Waals surface area contributed by atoms with Gasteiger partial charge < -0.3 is 155 Å². The highest BCUT2D eigenvalue weighted by Gasteiger charge is 2.61. The molecule has 5 saturated heterocycles. The van der Waals surface area contributed by atoms with Crippen molar-refractivity contribution >= 4 is 27.6 Å². The number of phosphoric ester groups is 2. The lowest BCUT2D eigenvalue weighted by Crippen LogP contribution is -2.68. The van der Waals surface area contributed by atoms with E-state index in [1.54, 1.807) is 0 Å². The van der Waals surface area contributed by atoms with Crippen LogP contribution < -0.4 is 11.5 Å². The van der Waals surface area contributed by atoms with E-state index in [-0.39, 0.29) is 0 Å². The van der Waals surface area contributed by atoms with E-state index >= 15 is 0 Å². The summed E-state index contributed by atoms with van der Waals surface area (Å²) in [6.07, 6.45) is -50.4. The van der Waals surface area contributed by atoms with Crippen molar-refractivity contribution in [1.29, 1.82) is 0 Å². The molecule has 5 fully saturated rings. The lowest BCUT2D eigenvalue weighted by Gasteiger charge is -2.50. The second-order valence-corrected chi connectivity index (χ2v) is 20.1. The summed E-state index contributed by atoms with van der Waals surface area (Å²) in [5, 5.41) is 167. The van der Waals surface area contributed by atoms with Crippen LogP contribution in [0.2, 0.25) is 0 Å². The molecule has 0 aromatic rings.